The summed E-state index contributed by atoms with van der Waals surface area (Å²) in [5, 5.41) is 3.24. The second-order valence-electron chi connectivity index (χ2n) is 8.04. The molecule has 1 unspecified atom stereocenters. The molecule has 0 aromatic heterocycles. The lowest BCUT2D eigenvalue weighted by molar-refractivity contribution is -0.139. The van der Waals surface area contributed by atoms with E-state index in [2.05, 4.69) is 5.32 Å². The predicted octanol–water partition coefficient (Wildman–Crippen LogP) is 4.72. The Balaban J connectivity index is 2.46. The minimum absolute atomic E-state index is 0.171. The van der Waals surface area contributed by atoms with Gasteiger partial charge in [-0.3, -0.25) is 13.9 Å². The molecule has 0 spiro atoms. The molecule has 0 heterocycles. The molecule has 1 atom stereocenters. The Morgan fingerprint density at radius 2 is 1.78 bits per heavy atom. The fourth-order valence-corrected chi connectivity index (χ4v) is 4.57. The number of nitrogens with one attached hydrogen (secondary N) is 1. The van der Waals surface area contributed by atoms with Crippen molar-refractivity contribution < 1.29 is 31.2 Å². The molecule has 0 fully saturated rings. The van der Waals surface area contributed by atoms with Gasteiger partial charge < -0.3 is 10.2 Å². The van der Waals surface area contributed by atoms with Gasteiger partial charge >= 0.3 is 6.18 Å². The van der Waals surface area contributed by atoms with Crippen molar-refractivity contribution in [3.05, 3.63) is 63.6 Å². The molecular formula is C23H26Cl2F3N3O4S. The number of sulfonamides is 1. The average molecular weight is 568 g/mol. The van der Waals surface area contributed by atoms with Crippen molar-refractivity contribution in [2.75, 3.05) is 23.7 Å². The number of carbonyl (C=O) groups is 2. The maximum atomic E-state index is 13.4. The molecule has 7 nitrogen and oxygen atoms in total. The highest BCUT2D eigenvalue weighted by Gasteiger charge is 2.33. The fraction of sp³-hybridized carbons (Fsp3) is 0.391. The maximum absolute atomic E-state index is 13.4. The molecule has 0 radical (unpaired) electrons. The monoisotopic (exact) mass is 567 g/mol. The number of hydrogen-bond donors (Lipinski definition) is 1. The molecule has 198 valence electrons. The van der Waals surface area contributed by atoms with Gasteiger partial charge in [-0.05, 0) is 49.2 Å². The highest BCUT2D eigenvalue weighted by atomic mass is 35.5. The van der Waals surface area contributed by atoms with Crippen LogP contribution in [0.15, 0.2) is 42.5 Å². The second-order valence-corrected chi connectivity index (χ2v) is 10.8. The molecule has 2 rings (SSSR count). The Kier molecular flexibility index (Phi) is 10.0. The lowest BCUT2D eigenvalue weighted by atomic mass is 10.1. The van der Waals surface area contributed by atoms with Gasteiger partial charge in [0.25, 0.3) is 0 Å². The van der Waals surface area contributed by atoms with Gasteiger partial charge in [0.2, 0.25) is 21.8 Å². The maximum Gasteiger partial charge on any atom is 0.416 e. The van der Waals surface area contributed by atoms with Crippen LogP contribution in [0.5, 0.6) is 0 Å². The third-order valence-corrected chi connectivity index (χ3v) is 6.94. The first-order chi connectivity index (χ1) is 16.6. The van der Waals surface area contributed by atoms with Crippen LogP contribution in [0.1, 0.15) is 31.4 Å². The number of hydrogen-bond acceptors (Lipinski definition) is 4. The number of rotatable bonds is 10. The van der Waals surface area contributed by atoms with Crippen molar-refractivity contribution in [3.63, 3.8) is 0 Å². The molecule has 0 aliphatic carbocycles. The van der Waals surface area contributed by atoms with Gasteiger partial charge in [-0.2, -0.15) is 13.2 Å². The molecule has 13 heteroatoms. The molecule has 0 aliphatic heterocycles. The molecule has 0 saturated carbocycles. The first-order valence-corrected chi connectivity index (χ1v) is 13.4. The van der Waals surface area contributed by atoms with Gasteiger partial charge in [0, 0.05) is 23.1 Å². The van der Waals surface area contributed by atoms with E-state index in [9.17, 15) is 31.2 Å². The zero-order valence-corrected chi connectivity index (χ0v) is 22.1. The van der Waals surface area contributed by atoms with Crippen molar-refractivity contribution in [1.82, 2.24) is 10.2 Å². The summed E-state index contributed by atoms with van der Waals surface area (Å²) in [6.07, 6.45) is -3.29. The van der Waals surface area contributed by atoms with E-state index in [1.165, 1.54) is 13.0 Å². The highest BCUT2D eigenvalue weighted by Crippen LogP contribution is 2.32. The summed E-state index contributed by atoms with van der Waals surface area (Å²) in [5.74, 6) is -1.30. The van der Waals surface area contributed by atoms with Crippen LogP contribution < -0.4 is 9.62 Å². The summed E-state index contributed by atoms with van der Waals surface area (Å²) in [6.45, 7) is 2.65. The van der Waals surface area contributed by atoms with Crippen molar-refractivity contribution in [2.24, 2.45) is 0 Å². The molecule has 0 aliphatic rings. The number of benzene rings is 2. The van der Waals surface area contributed by atoms with Crippen LogP contribution in [-0.2, 0) is 32.3 Å². The summed E-state index contributed by atoms with van der Waals surface area (Å²) >= 11 is 12.2. The van der Waals surface area contributed by atoms with Gasteiger partial charge in [-0.1, -0.05) is 42.3 Å². The molecular weight excluding hydrogens is 542 g/mol. The van der Waals surface area contributed by atoms with E-state index in [0.717, 1.165) is 29.4 Å². The van der Waals surface area contributed by atoms with Gasteiger partial charge in [-0.15, -0.1) is 0 Å². The van der Waals surface area contributed by atoms with Crippen molar-refractivity contribution >= 4 is 50.7 Å². The van der Waals surface area contributed by atoms with Gasteiger partial charge in [0.1, 0.15) is 12.6 Å². The molecule has 1 N–H and O–H groups in total. The van der Waals surface area contributed by atoms with Gasteiger partial charge in [0.15, 0.2) is 0 Å². The third-order valence-electron chi connectivity index (χ3n) is 5.21. The summed E-state index contributed by atoms with van der Waals surface area (Å²) in [5.41, 5.74) is -0.971. The van der Waals surface area contributed by atoms with E-state index in [1.807, 2.05) is 6.92 Å². The Labute approximate surface area is 218 Å². The molecule has 2 amide bonds. The van der Waals surface area contributed by atoms with E-state index in [4.69, 9.17) is 23.2 Å². The normalized spacial score (nSPS) is 12.7. The van der Waals surface area contributed by atoms with Gasteiger partial charge in [-0.25, -0.2) is 8.42 Å². The minimum atomic E-state index is -4.72. The average Bonchev–Trinajstić information content (AvgIpc) is 2.78. The highest BCUT2D eigenvalue weighted by molar-refractivity contribution is 7.92. The topological polar surface area (TPSA) is 86.8 Å². The smallest absolute Gasteiger partial charge is 0.354 e. The van der Waals surface area contributed by atoms with Crippen LogP contribution in [-0.4, -0.2) is 50.5 Å². The van der Waals surface area contributed by atoms with Crippen LogP contribution in [0.3, 0.4) is 0 Å². The zero-order valence-electron chi connectivity index (χ0n) is 19.8. The van der Waals surface area contributed by atoms with E-state index in [0.29, 0.717) is 33.9 Å². The predicted molar refractivity (Wildman–Crippen MR) is 133 cm³/mol. The molecule has 0 bridgehead atoms. The van der Waals surface area contributed by atoms with E-state index in [-0.39, 0.29) is 17.3 Å². The number of anilines is 1. The number of amides is 2. The first-order valence-electron chi connectivity index (χ1n) is 10.8. The molecule has 2 aromatic carbocycles. The number of halogens is 5. The minimum Gasteiger partial charge on any atom is -0.354 e. The van der Waals surface area contributed by atoms with Crippen molar-refractivity contribution in [2.45, 2.75) is 39.0 Å². The first kappa shape index (κ1) is 29.7. The molecule has 0 saturated heterocycles. The van der Waals surface area contributed by atoms with Crippen LogP contribution in [0, 0.1) is 0 Å². The number of carbonyl (C=O) groups excluding carboxylic acids is 2. The fourth-order valence-electron chi connectivity index (χ4n) is 3.26. The van der Waals surface area contributed by atoms with Crippen LogP contribution >= 0.6 is 23.2 Å². The van der Waals surface area contributed by atoms with Crippen LogP contribution in [0.25, 0.3) is 0 Å². The molecule has 36 heavy (non-hydrogen) atoms. The summed E-state index contributed by atoms with van der Waals surface area (Å²) in [4.78, 5) is 27.2. The Bertz CT molecular complexity index is 1210. The van der Waals surface area contributed by atoms with Crippen LogP contribution in [0.4, 0.5) is 18.9 Å². The van der Waals surface area contributed by atoms with Crippen molar-refractivity contribution in [1.29, 1.82) is 0 Å². The largest absolute Gasteiger partial charge is 0.416 e. The second kappa shape index (κ2) is 12.2. The van der Waals surface area contributed by atoms with E-state index in [1.54, 1.807) is 12.1 Å². The Morgan fingerprint density at radius 1 is 1.11 bits per heavy atom. The third kappa shape index (κ3) is 8.01. The Morgan fingerprint density at radius 3 is 2.33 bits per heavy atom. The lowest BCUT2D eigenvalue weighted by Crippen LogP contribution is -2.51. The van der Waals surface area contributed by atoms with Crippen LogP contribution in [0.2, 0.25) is 10.0 Å². The quantitative estimate of drug-likeness (QED) is 0.450. The Hall–Kier alpha value is -2.50. The summed E-state index contributed by atoms with van der Waals surface area (Å²) in [6, 6.07) is 7.15. The van der Waals surface area contributed by atoms with Gasteiger partial charge in [0.05, 0.1) is 17.5 Å². The SMILES string of the molecule is CCCNC(=O)C(C)N(Cc1ccc(Cl)cc1Cl)C(=O)CN(c1cccc(C(F)(F)F)c1)S(C)(=O)=O. The summed E-state index contributed by atoms with van der Waals surface area (Å²) in [7, 11) is -4.18. The number of alkyl halides is 3. The van der Waals surface area contributed by atoms with E-state index >= 15 is 0 Å². The standard InChI is InChI=1S/C23H26Cl2F3N3O4S/c1-4-10-29-22(33)15(2)30(13-16-8-9-18(24)12-20(16)25)21(32)14-31(36(3,34)35)19-7-5-6-17(11-19)23(26,27)28/h5-9,11-12,15H,4,10,13-14H2,1-3H3,(H,29,33). The number of nitrogens with zero attached hydrogens (tertiary/aromatic N) is 2. The molecule has 2 aromatic rings. The summed E-state index contributed by atoms with van der Waals surface area (Å²) < 4.78 is 65.2. The van der Waals surface area contributed by atoms with Crippen molar-refractivity contribution in [3.8, 4) is 0 Å². The zero-order chi connectivity index (χ0) is 27.3. The lowest BCUT2D eigenvalue weighted by Gasteiger charge is -2.31. The van der Waals surface area contributed by atoms with E-state index < -0.39 is 46.2 Å².